The molecule has 1 fully saturated rings. The largest absolute Gasteiger partial charge is 0.494 e. The number of hydrogen-bond acceptors (Lipinski definition) is 6. The van der Waals surface area contributed by atoms with Gasteiger partial charge in [0.1, 0.15) is 12.3 Å². The Hall–Kier alpha value is -3.17. The standard InChI is InChI=1S/C29H35N3O4S2/c1-3-36-26-13-11-25(12-14-26)32(38(34,35)28-17-15-27(37-2)16-18-28)22-29(33)30-21-23-7-9-24(10-8-23)31-19-5-4-6-20-31/h7-18H,3-6,19-22H2,1-2H3,(H,30,33). The van der Waals surface area contributed by atoms with E-state index in [9.17, 15) is 13.2 Å². The summed E-state index contributed by atoms with van der Waals surface area (Å²) in [5.74, 6) is 0.249. The molecule has 9 heteroatoms. The normalized spacial score (nSPS) is 13.7. The van der Waals surface area contributed by atoms with E-state index in [1.54, 1.807) is 48.5 Å². The van der Waals surface area contributed by atoms with E-state index < -0.39 is 10.0 Å². The maximum Gasteiger partial charge on any atom is 0.264 e. The Balaban J connectivity index is 1.48. The summed E-state index contributed by atoms with van der Waals surface area (Å²) < 4.78 is 33.9. The van der Waals surface area contributed by atoms with Crippen LogP contribution >= 0.6 is 11.8 Å². The molecule has 4 rings (SSSR count). The van der Waals surface area contributed by atoms with Crippen LogP contribution in [0.15, 0.2) is 82.6 Å². The number of ether oxygens (including phenoxy) is 1. The van der Waals surface area contributed by atoms with E-state index >= 15 is 0 Å². The maximum absolute atomic E-state index is 13.6. The van der Waals surface area contributed by atoms with Gasteiger partial charge in [0.2, 0.25) is 5.91 Å². The molecule has 3 aromatic carbocycles. The molecule has 7 nitrogen and oxygen atoms in total. The van der Waals surface area contributed by atoms with Crippen molar-refractivity contribution in [3.8, 4) is 5.75 Å². The van der Waals surface area contributed by atoms with Crippen molar-refractivity contribution in [2.24, 2.45) is 0 Å². The van der Waals surface area contributed by atoms with Crippen LogP contribution in [0.2, 0.25) is 0 Å². The lowest BCUT2D eigenvalue weighted by Crippen LogP contribution is -2.40. The first-order chi connectivity index (χ1) is 18.4. The zero-order valence-electron chi connectivity index (χ0n) is 21.9. The molecule has 1 heterocycles. The first kappa shape index (κ1) is 27.9. The molecule has 0 bridgehead atoms. The summed E-state index contributed by atoms with van der Waals surface area (Å²) in [6.45, 7) is 4.52. The number of carbonyl (C=O) groups is 1. The molecular formula is C29H35N3O4S2. The molecule has 0 aromatic heterocycles. The second-order valence-corrected chi connectivity index (χ2v) is 11.8. The lowest BCUT2D eigenvalue weighted by molar-refractivity contribution is -0.119. The highest BCUT2D eigenvalue weighted by atomic mass is 32.2. The molecule has 202 valence electrons. The van der Waals surface area contributed by atoms with Crippen molar-refractivity contribution in [1.29, 1.82) is 0 Å². The third kappa shape index (κ3) is 7.02. The molecule has 0 spiro atoms. The maximum atomic E-state index is 13.6. The van der Waals surface area contributed by atoms with Gasteiger partial charge in [-0.3, -0.25) is 9.10 Å². The van der Waals surface area contributed by atoms with Crippen molar-refractivity contribution in [3.05, 3.63) is 78.4 Å². The molecule has 1 amide bonds. The van der Waals surface area contributed by atoms with Crippen molar-refractivity contribution in [3.63, 3.8) is 0 Å². The van der Waals surface area contributed by atoms with Crippen molar-refractivity contribution >= 4 is 39.1 Å². The molecule has 1 N–H and O–H groups in total. The Morgan fingerprint density at radius 2 is 1.61 bits per heavy atom. The fraction of sp³-hybridized carbons (Fsp3) is 0.345. The van der Waals surface area contributed by atoms with E-state index in [0.717, 1.165) is 27.9 Å². The van der Waals surface area contributed by atoms with Crippen LogP contribution < -0.4 is 19.3 Å². The zero-order valence-corrected chi connectivity index (χ0v) is 23.6. The van der Waals surface area contributed by atoms with Gasteiger partial charge < -0.3 is 15.0 Å². The molecule has 1 saturated heterocycles. The van der Waals surface area contributed by atoms with Crippen LogP contribution in [0, 0.1) is 0 Å². The Bertz CT molecular complexity index is 1290. The second-order valence-electron chi connectivity index (χ2n) is 9.11. The van der Waals surface area contributed by atoms with E-state index in [-0.39, 0.29) is 17.3 Å². The molecule has 1 aliphatic rings. The number of sulfonamides is 1. The van der Waals surface area contributed by atoms with E-state index in [1.807, 2.05) is 25.3 Å². The van der Waals surface area contributed by atoms with Gasteiger partial charge in [0.05, 0.1) is 17.2 Å². The van der Waals surface area contributed by atoms with Gasteiger partial charge in [-0.1, -0.05) is 12.1 Å². The summed E-state index contributed by atoms with van der Waals surface area (Å²) in [5.41, 5.74) is 2.55. The van der Waals surface area contributed by atoms with Gasteiger partial charge in [-0.2, -0.15) is 0 Å². The van der Waals surface area contributed by atoms with Gasteiger partial charge in [0.25, 0.3) is 10.0 Å². The minimum atomic E-state index is -3.98. The number of piperidine rings is 1. The molecule has 0 saturated carbocycles. The fourth-order valence-electron chi connectivity index (χ4n) is 4.43. The Labute approximate surface area is 230 Å². The zero-order chi connectivity index (χ0) is 27.0. The van der Waals surface area contributed by atoms with Gasteiger partial charge >= 0.3 is 0 Å². The third-order valence-corrected chi connectivity index (χ3v) is 9.05. The molecule has 0 aliphatic carbocycles. The smallest absolute Gasteiger partial charge is 0.264 e. The van der Waals surface area contributed by atoms with Crippen molar-refractivity contribution in [2.45, 2.75) is 42.5 Å². The molecule has 38 heavy (non-hydrogen) atoms. The lowest BCUT2D eigenvalue weighted by Gasteiger charge is -2.28. The highest BCUT2D eigenvalue weighted by Crippen LogP contribution is 2.27. The summed E-state index contributed by atoms with van der Waals surface area (Å²) in [4.78, 5) is 16.5. The predicted octanol–water partition coefficient (Wildman–Crippen LogP) is 5.31. The number of thioether (sulfide) groups is 1. The lowest BCUT2D eigenvalue weighted by atomic mass is 10.1. The number of amides is 1. The molecule has 0 unspecified atom stereocenters. The van der Waals surface area contributed by atoms with Crippen LogP contribution in [-0.2, 0) is 21.4 Å². The predicted molar refractivity (Wildman–Crippen MR) is 155 cm³/mol. The number of hydrogen-bond donors (Lipinski definition) is 1. The highest BCUT2D eigenvalue weighted by molar-refractivity contribution is 7.98. The Morgan fingerprint density at radius 3 is 2.21 bits per heavy atom. The summed E-state index contributed by atoms with van der Waals surface area (Å²) in [6, 6.07) is 21.6. The van der Waals surface area contributed by atoms with Gasteiger partial charge in [-0.15, -0.1) is 11.8 Å². The minimum absolute atomic E-state index is 0.130. The average Bonchev–Trinajstić information content (AvgIpc) is 2.96. The van der Waals surface area contributed by atoms with E-state index in [4.69, 9.17) is 4.74 Å². The van der Waals surface area contributed by atoms with Crippen LogP contribution in [0.3, 0.4) is 0 Å². The van der Waals surface area contributed by atoms with Crippen LogP contribution in [0.4, 0.5) is 11.4 Å². The van der Waals surface area contributed by atoms with Crippen molar-refractivity contribution in [2.75, 3.05) is 41.7 Å². The van der Waals surface area contributed by atoms with E-state index in [2.05, 4.69) is 22.3 Å². The average molecular weight is 554 g/mol. The summed E-state index contributed by atoms with van der Waals surface area (Å²) >= 11 is 1.53. The van der Waals surface area contributed by atoms with Crippen LogP contribution in [0.25, 0.3) is 0 Å². The van der Waals surface area contributed by atoms with E-state index in [1.165, 1.54) is 36.7 Å². The summed E-state index contributed by atoms with van der Waals surface area (Å²) in [6.07, 6.45) is 5.65. The summed E-state index contributed by atoms with van der Waals surface area (Å²) in [7, 11) is -3.98. The van der Waals surface area contributed by atoms with E-state index in [0.29, 0.717) is 24.6 Å². The highest BCUT2D eigenvalue weighted by Gasteiger charge is 2.27. The van der Waals surface area contributed by atoms with Crippen molar-refractivity contribution in [1.82, 2.24) is 5.32 Å². The number of nitrogens with one attached hydrogen (secondary N) is 1. The number of anilines is 2. The quantitative estimate of drug-likeness (QED) is 0.324. The fourth-order valence-corrected chi connectivity index (χ4v) is 6.26. The summed E-state index contributed by atoms with van der Waals surface area (Å²) in [5, 5.41) is 2.89. The molecule has 0 atom stereocenters. The second kappa shape index (κ2) is 13.1. The monoisotopic (exact) mass is 553 g/mol. The van der Waals surface area contributed by atoms with Gasteiger partial charge in [0.15, 0.2) is 0 Å². The molecule has 1 aliphatic heterocycles. The van der Waals surface area contributed by atoms with Crippen molar-refractivity contribution < 1.29 is 17.9 Å². The topological polar surface area (TPSA) is 79.0 Å². The van der Waals surface area contributed by atoms with Gasteiger partial charge in [0, 0.05) is 30.2 Å². The number of rotatable bonds is 11. The first-order valence-corrected chi connectivity index (χ1v) is 15.6. The van der Waals surface area contributed by atoms with Crippen LogP contribution in [0.1, 0.15) is 31.7 Å². The van der Waals surface area contributed by atoms with Crippen LogP contribution in [-0.4, -0.2) is 46.8 Å². The first-order valence-electron chi connectivity index (χ1n) is 12.9. The minimum Gasteiger partial charge on any atom is -0.494 e. The number of nitrogens with zero attached hydrogens (tertiary/aromatic N) is 2. The van der Waals surface area contributed by atoms with Crippen LogP contribution in [0.5, 0.6) is 5.75 Å². The van der Waals surface area contributed by atoms with Gasteiger partial charge in [-0.25, -0.2) is 8.42 Å². The number of carbonyl (C=O) groups excluding carboxylic acids is 1. The Kier molecular flexibility index (Phi) is 9.58. The molecule has 0 radical (unpaired) electrons. The number of benzene rings is 3. The molecule has 3 aromatic rings. The SMILES string of the molecule is CCOc1ccc(N(CC(=O)NCc2ccc(N3CCCCC3)cc2)S(=O)(=O)c2ccc(SC)cc2)cc1. The third-order valence-electron chi connectivity index (χ3n) is 6.52. The van der Waals surface area contributed by atoms with Gasteiger partial charge in [-0.05, 0) is 98.7 Å². The molecular weight excluding hydrogens is 518 g/mol. The Morgan fingerprint density at radius 1 is 0.947 bits per heavy atom.